The van der Waals surface area contributed by atoms with Gasteiger partial charge in [-0.25, -0.2) is 0 Å². The molecule has 2 aromatic rings. The molecule has 0 saturated heterocycles. The van der Waals surface area contributed by atoms with Gasteiger partial charge in [-0.15, -0.1) is 0 Å². The number of anilines is 1. The molecule has 1 aromatic carbocycles. The maximum Gasteiger partial charge on any atom is 0.277 e. The van der Waals surface area contributed by atoms with Gasteiger partial charge in [-0.05, 0) is 25.1 Å². The fourth-order valence-corrected chi connectivity index (χ4v) is 1.87. The number of hydrogen-bond donors (Lipinski definition) is 1. The summed E-state index contributed by atoms with van der Waals surface area (Å²) in [5.74, 6) is 0. The maximum atomic E-state index is 11.0. The second-order valence-corrected chi connectivity index (χ2v) is 4.21. The van der Waals surface area contributed by atoms with Crippen molar-refractivity contribution in [3.63, 3.8) is 0 Å². The summed E-state index contributed by atoms with van der Waals surface area (Å²) in [6.07, 6.45) is 1.56. The topological polar surface area (TPSA) is 82.0 Å². The highest BCUT2D eigenvalue weighted by Gasteiger charge is 2.18. The summed E-state index contributed by atoms with van der Waals surface area (Å²) in [6, 6.07) is 6.02. The van der Waals surface area contributed by atoms with Crippen LogP contribution in [0.15, 0.2) is 30.5 Å². The average molecular weight is 264 g/mol. The summed E-state index contributed by atoms with van der Waals surface area (Å²) < 4.78 is 0. The van der Waals surface area contributed by atoms with Crippen LogP contribution in [0.1, 0.15) is 5.69 Å². The predicted octanol–water partition coefficient (Wildman–Crippen LogP) is 3.20. The molecule has 6 heteroatoms. The van der Waals surface area contributed by atoms with Crippen LogP contribution in [0.25, 0.3) is 11.1 Å². The van der Waals surface area contributed by atoms with Crippen LogP contribution in [0.4, 0.5) is 11.4 Å². The van der Waals surface area contributed by atoms with Gasteiger partial charge in [0.15, 0.2) is 0 Å². The SMILES string of the molecule is Cc1nccc(-c2cc(Cl)ccc2[N+](=O)[O-])c1N. The normalized spacial score (nSPS) is 10.3. The number of benzene rings is 1. The van der Waals surface area contributed by atoms with Crippen molar-refractivity contribution in [2.75, 3.05) is 5.73 Å². The minimum absolute atomic E-state index is 0.0308. The molecule has 0 saturated carbocycles. The maximum absolute atomic E-state index is 11.0. The van der Waals surface area contributed by atoms with E-state index in [-0.39, 0.29) is 5.69 Å². The number of nitrogens with zero attached hydrogens (tertiary/aromatic N) is 2. The Morgan fingerprint density at radius 1 is 1.33 bits per heavy atom. The molecule has 0 atom stereocenters. The zero-order valence-corrected chi connectivity index (χ0v) is 10.3. The second-order valence-electron chi connectivity index (χ2n) is 3.78. The molecule has 0 aliphatic rings. The zero-order valence-electron chi connectivity index (χ0n) is 9.55. The first-order valence-corrected chi connectivity index (χ1v) is 5.54. The molecule has 0 radical (unpaired) electrons. The molecule has 0 aliphatic heterocycles. The molecule has 2 rings (SSSR count). The van der Waals surface area contributed by atoms with Gasteiger partial charge in [-0.1, -0.05) is 11.6 Å². The molecule has 2 N–H and O–H groups in total. The number of nitrogens with two attached hydrogens (primary N) is 1. The lowest BCUT2D eigenvalue weighted by molar-refractivity contribution is -0.384. The Labute approximate surface area is 108 Å². The van der Waals surface area contributed by atoms with Crippen molar-refractivity contribution in [3.8, 4) is 11.1 Å². The number of nitro benzene ring substituents is 1. The molecule has 1 heterocycles. The molecular formula is C12H10ClN3O2. The highest BCUT2D eigenvalue weighted by atomic mass is 35.5. The standard InChI is InChI=1S/C12H10ClN3O2/c1-7-12(14)9(4-5-15-7)10-6-8(13)2-3-11(10)16(17)18/h2-6H,14H2,1H3. The Balaban J connectivity index is 2.73. The van der Waals surface area contributed by atoms with Crippen LogP contribution < -0.4 is 5.73 Å². The van der Waals surface area contributed by atoms with E-state index < -0.39 is 4.92 Å². The first-order chi connectivity index (χ1) is 8.50. The third kappa shape index (κ3) is 2.12. The summed E-state index contributed by atoms with van der Waals surface area (Å²) in [6.45, 7) is 1.75. The first-order valence-electron chi connectivity index (χ1n) is 5.16. The van der Waals surface area contributed by atoms with Crippen molar-refractivity contribution in [3.05, 3.63) is 51.3 Å². The lowest BCUT2D eigenvalue weighted by Gasteiger charge is -2.08. The number of halogens is 1. The van der Waals surface area contributed by atoms with Crippen molar-refractivity contribution in [1.29, 1.82) is 0 Å². The zero-order chi connectivity index (χ0) is 13.3. The summed E-state index contributed by atoms with van der Waals surface area (Å²) in [4.78, 5) is 14.6. The largest absolute Gasteiger partial charge is 0.397 e. The summed E-state index contributed by atoms with van der Waals surface area (Å²) in [5.41, 5.74) is 7.89. The van der Waals surface area contributed by atoms with Gasteiger partial charge in [-0.2, -0.15) is 0 Å². The number of hydrogen-bond acceptors (Lipinski definition) is 4. The van der Waals surface area contributed by atoms with E-state index in [2.05, 4.69) is 4.98 Å². The minimum Gasteiger partial charge on any atom is -0.397 e. The smallest absolute Gasteiger partial charge is 0.277 e. The van der Waals surface area contributed by atoms with E-state index in [1.165, 1.54) is 18.2 Å². The van der Waals surface area contributed by atoms with E-state index in [1.807, 2.05) is 0 Å². The molecule has 0 unspecified atom stereocenters. The minimum atomic E-state index is -0.457. The van der Waals surface area contributed by atoms with E-state index in [4.69, 9.17) is 17.3 Å². The molecule has 0 bridgehead atoms. The van der Waals surface area contributed by atoms with Gasteiger partial charge in [0, 0.05) is 22.8 Å². The van der Waals surface area contributed by atoms with Crippen LogP contribution in [0.2, 0.25) is 5.02 Å². The van der Waals surface area contributed by atoms with Crippen LogP contribution >= 0.6 is 11.6 Å². The molecule has 0 amide bonds. The number of nitrogen functional groups attached to an aromatic ring is 1. The molecule has 0 spiro atoms. The van der Waals surface area contributed by atoms with E-state index in [0.29, 0.717) is 27.5 Å². The Morgan fingerprint density at radius 2 is 2.06 bits per heavy atom. The van der Waals surface area contributed by atoms with Gasteiger partial charge < -0.3 is 5.73 Å². The van der Waals surface area contributed by atoms with E-state index in [9.17, 15) is 10.1 Å². The van der Waals surface area contributed by atoms with E-state index in [0.717, 1.165) is 0 Å². The van der Waals surface area contributed by atoms with Gasteiger partial charge in [0.2, 0.25) is 0 Å². The van der Waals surface area contributed by atoms with Gasteiger partial charge >= 0.3 is 0 Å². The van der Waals surface area contributed by atoms with Crippen molar-refractivity contribution in [1.82, 2.24) is 4.98 Å². The van der Waals surface area contributed by atoms with E-state index >= 15 is 0 Å². The van der Waals surface area contributed by atoms with Crippen molar-refractivity contribution >= 4 is 23.0 Å². The van der Waals surface area contributed by atoms with Crippen LogP contribution in [0, 0.1) is 17.0 Å². The van der Waals surface area contributed by atoms with Crippen LogP contribution in [-0.4, -0.2) is 9.91 Å². The molecule has 0 fully saturated rings. The number of aryl methyl sites for hydroxylation is 1. The third-order valence-electron chi connectivity index (χ3n) is 2.63. The van der Waals surface area contributed by atoms with E-state index in [1.54, 1.807) is 19.2 Å². The van der Waals surface area contributed by atoms with Crippen LogP contribution in [-0.2, 0) is 0 Å². The summed E-state index contributed by atoms with van der Waals surface area (Å²) in [5, 5.41) is 11.4. The van der Waals surface area contributed by atoms with Gasteiger partial charge in [0.05, 0.1) is 21.9 Å². The Bertz CT molecular complexity index is 629. The quantitative estimate of drug-likeness (QED) is 0.666. The third-order valence-corrected chi connectivity index (χ3v) is 2.87. The highest BCUT2D eigenvalue weighted by Crippen LogP contribution is 2.35. The van der Waals surface area contributed by atoms with Crippen LogP contribution in [0.3, 0.4) is 0 Å². The number of pyridine rings is 1. The highest BCUT2D eigenvalue weighted by molar-refractivity contribution is 6.31. The van der Waals surface area contributed by atoms with Crippen molar-refractivity contribution in [2.45, 2.75) is 6.92 Å². The Morgan fingerprint density at radius 3 is 2.72 bits per heavy atom. The lowest BCUT2D eigenvalue weighted by Crippen LogP contribution is -1.98. The Hall–Kier alpha value is -2.14. The molecule has 0 aliphatic carbocycles. The Kier molecular flexibility index (Phi) is 3.16. The molecule has 5 nitrogen and oxygen atoms in total. The van der Waals surface area contributed by atoms with Crippen molar-refractivity contribution in [2.24, 2.45) is 0 Å². The lowest BCUT2D eigenvalue weighted by atomic mass is 10.0. The molecule has 92 valence electrons. The molecular weight excluding hydrogens is 254 g/mol. The van der Waals surface area contributed by atoms with Gasteiger partial charge in [0.25, 0.3) is 5.69 Å². The molecule has 18 heavy (non-hydrogen) atoms. The fraction of sp³-hybridized carbons (Fsp3) is 0.0833. The van der Waals surface area contributed by atoms with Crippen molar-refractivity contribution < 1.29 is 4.92 Å². The molecule has 1 aromatic heterocycles. The summed E-state index contributed by atoms with van der Waals surface area (Å²) >= 11 is 5.88. The monoisotopic (exact) mass is 263 g/mol. The van der Waals surface area contributed by atoms with Gasteiger partial charge in [-0.3, -0.25) is 15.1 Å². The second kappa shape index (κ2) is 4.62. The first kappa shape index (κ1) is 12.3. The fourth-order valence-electron chi connectivity index (χ4n) is 1.70. The van der Waals surface area contributed by atoms with Gasteiger partial charge in [0.1, 0.15) is 0 Å². The average Bonchev–Trinajstić information content (AvgIpc) is 2.32. The van der Waals surface area contributed by atoms with Crippen LogP contribution in [0.5, 0.6) is 0 Å². The summed E-state index contributed by atoms with van der Waals surface area (Å²) in [7, 11) is 0. The number of rotatable bonds is 2. The number of nitro groups is 1. The number of aromatic nitrogens is 1. The predicted molar refractivity (Wildman–Crippen MR) is 70.5 cm³/mol.